The number of ether oxygens (including phenoxy) is 2. The molecule has 7 heteroatoms. The van der Waals surface area contributed by atoms with Crippen LogP contribution in [0.2, 0.25) is 0 Å². The molecule has 1 N–H and O–H groups in total. The highest BCUT2D eigenvalue weighted by Gasteiger charge is 2.55. The smallest absolute Gasteiger partial charge is 0.341 e. The molecule has 34 heavy (non-hydrogen) atoms. The number of thiophene rings is 1. The van der Waals surface area contributed by atoms with E-state index < -0.39 is 0 Å². The number of amides is 1. The summed E-state index contributed by atoms with van der Waals surface area (Å²) in [4.78, 5) is 26.7. The Bertz CT molecular complexity index is 1130. The Balaban J connectivity index is 1.50. The highest BCUT2D eigenvalue weighted by atomic mass is 35.5. The van der Waals surface area contributed by atoms with Crippen LogP contribution in [0.15, 0.2) is 18.2 Å². The standard InChI is InChI=1S/C27H32ClNO4S/c1-4-33-26(31)23-24-21(34-25(23)29-22(30)10-12-28)14-20-19-7-5-15-13-16(32-3)6-8-17(15)18(19)9-11-27(20,24)2/h6,8,13,18-20H,4-5,7,9-12,14H2,1-3H3,(H,29,30)/t18-,19+,20-,27+/m0/s1. The number of halogens is 1. The fourth-order valence-corrected chi connectivity index (χ4v) is 8.45. The number of benzene rings is 1. The van der Waals surface area contributed by atoms with E-state index in [1.807, 2.05) is 6.92 Å². The van der Waals surface area contributed by atoms with Gasteiger partial charge in [-0.05, 0) is 91.0 Å². The minimum atomic E-state index is -0.328. The summed E-state index contributed by atoms with van der Waals surface area (Å²) in [6, 6.07) is 6.57. The number of esters is 1. The van der Waals surface area contributed by atoms with Gasteiger partial charge in [0.15, 0.2) is 0 Å². The molecule has 5 nitrogen and oxygen atoms in total. The Morgan fingerprint density at radius 2 is 2.12 bits per heavy atom. The van der Waals surface area contributed by atoms with Crippen LogP contribution in [0, 0.1) is 11.8 Å². The highest BCUT2D eigenvalue weighted by molar-refractivity contribution is 7.17. The van der Waals surface area contributed by atoms with Gasteiger partial charge in [-0.1, -0.05) is 13.0 Å². The third kappa shape index (κ3) is 3.74. The van der Waals surface area contributed by atoms with Crippen molar-refractivity contribution in [3.05, 3.63) is 45.3 Å². The van der Waals surface area contributed by atoms with Gasteiger partial charge < -0.3 is 14.8 Å². The van der Waals surface area contributed by atoms with Gasteiger partial charge in [0.05, 0.1) is 19.3 Å². The summed E-state index contributed by atoms with van der Waals surface area (Å²) in [5.41, 5.74) is 4.52. The minimum Gasteiger partial charge on any atom is -0.497 e. The van der Waals surface area contributed by atoms with E-state index in [2.05, 4.69) is 30.4 Å². The first kappa shape index (κ1) is 23.7. The van der Waals surface area contributed by atoms with Gasteiger partial charge in [-0.3, -0.25) is 4.79 Å². The number of fused-ring (bicyclic) bond motifs is 7. The molecule has 1 fully saturated rings. The lowest BCUT2D eigenvalue weighted by molar-refractivity contribution is -0.115. The zero-order valence-corrected chi connectivity index (χ0v) is 21.6. The second kappa shape index (κ2) is 9.19. The van der Waals surface area contributed by atoms with E-state index >= 15 is 0 Å². The molecular weight excluding hydrogens is 470 g/mol. The largest absolute Gasteiger partial charge is 0.497 e. The molecule has 1 saturated carbocycles. The van der Waals surface area contributed by atoms with Gasteiger partial charge >= 0.3 is 5.97 Å². The summed E-state index contributed by atoms with van der Waals surface area (Å²) in [6.45, 7) is 4.47. The van der Waals surface area contributed by atoms with Crippen LogP contribution in [-0.2, 0) is 27.8 Å². The maximum absolute atomic E-state index is 13.1. The number of anilines is 1. The first-order chi connectivity index (χ1) is 16.4. The molecule has 3 aliphatic rings. The monoisotopic (exact) mass is 501 g/mol. The van der Waals surface area contributed by atoms with Gasteiger partial charge in [0.1, 0.15) is 10.8 Å². The lowest BCUT2D eigenvalue weighted by Gasteiger charge is -2.49. The minimum absolute atomic E-state index is 0.0888. The number of carbonyl (C=O) groups excluding carboxylic acids is 2. The molecule has 4 atom stereocenters. The molecule has 1 amide bonds. The second-order valence-corrected chi connectivity index (χ2v) is 11.4. The molecular formula is C27H32ClNO4S. The average Bonchev–Trinajstić information content (AvgIpc) is 3.32. The van der Waals surface area contributed by atoms with E-state index in [0.29, 0.717) is 34.9 Å². The van der Waals surface area contributed by atoms with Gasteiger partial charge in [0, 0.05) is 17.2 Å². The molecule has 1 aromatic carbocycles. The highest BCUT2D eigenvalue weighted by Crippen LogP contribution is 2.63. The van der Waals surface area contributed by atoms with Gasteiger partial charge in [-0.2, -0.15) is 0 Å². The van der Waals surface area contributed by atoms with Gasteiger partial charge in [-0.25, -0.2) is 4.79 Å². The summed E-state index contributed by atoms with van der Waals surface area (Å²) in [5, 5.41) is 3.58. The number of rotatable bonds is 6. The number of methoxy groups -OCH3 is 1. The third-order valence-electron chi connectivity index (χ3n) is 8.33. The quantitative estimate of drug-likeness (QED) is 0.385. The molecule has 3 aliphatic carbocycles. The molecule has 2 aromatic rings. The molecule has 0 spiro atoms. The van der Waals surface area contributed by atoms with Crippen molar-refractivity contribution in [2.24, 2.45) is 11.8 Å². The lowest BCUT2D eigenvalue weighted by atomic mass is 9.54. The molecule has 0 unspecified atom stereocenters. The fourth-order valence-electron chi connectivity index (χ4n) is 6.88. The number of nitrogens with one attached hydrogen (secondary N) is 1. The van der Waals surface area contributed by atoms with Crippen LogP contribution in [0.1, 0.15) is 77.4 Å². The number of carbonyl (C=O) groups is 2. The van der Waals surface area contributed by atoms with Gasteiger partial charge in [0.25, 0.3) is 0 Å². The summed E-state index contributed by atoms with van der Waals surface area (Å²) < 4.78 is 10.9. The van der Waals surface area contributed by atoms with Crippen LogP contribution in [-0.4, -0.2) is 31.5 Å². The average molecular weight is 502 g/mol. The van der Waals surface area contributed by atoms with Crippen LogP contribution < -0.4 is 10.1 Å². The Kier molecular flexibility index (Phi) is 6.40. The first-order valence-corrected chi connectivity index (χ1v) is 13.6. The summed E-state index contributed by atoms with van der Waals surface area (Å²) >= 11 is 7.32. The van der Waals surface area contributed by atoms with E-state index in [1.165, 1.54) is 16.0 Å². The summed E-state index contributed by atoms with van der Waals surface area (Å²) in [6.07, 6.45) is 5.53. The van der Waals surface area contributed by atoms with Crippen molar-refractivity contribution < 1.29 is 19.1 Å². The van der Waals surface area contributed by atoms with Crippen LogP contribution >= 0.6 is 22.9 Å². The third-order valence-corrected chi connectivity index (χ3v) is 9.65. The Hall–Kier alpha value is -2.05. The molecule has 0 saturated heterocycles. The molecule has 1 aromatic heterocycles. The maximum atomic E-state index is 13.1. The van der Waals surface area contributed by atoms with Crippen LogP contribution in [0.25, 0.3) is 0 Å². The molecule has 0 bridgehead atoms. The first-order valence-electron chi connectivity index (χ1n) is 12.3. The molecule has 1 heterocycles. The Labute approximate surface area is 210 Å². The van der Waals surface area contributed by atoms with Crippen molar-refractivity contribution in [2.45, 2.75) is 63.7 Å². The number of hydrogen-bond donors (Lipinski definition) is 1. The van der Waals surface area contributed by atoms with Crippen molar-refractivity contribution in [3.8, 4) is 5.75 Å². The van der Waals surface area contributed by atoms with Crippen molar-refractivity contribution in [1.29, 1.82) is 0 Å². The van der Waals surface area contributed by atoms with Crippen molar-refractivity contribution in [2.75, 3.05) is 24.9 Å². The van der Waals surface area contributed by atoms with Crippen molar-refractivity contribution in [3.63, 3.8) is 0 Å². The SMILES string of the molecule is CCOC(=O)c1c(NC(=O)CCCl)sc2c1[C@]1(C)CC[C@H]3c4ccc(OC)cc4CC[C@H]3[C@@H]1C2. The Morgan fingerprint density at radius 3 is 2.85 bits per heavy atom. The number of hydrogen-bond acceptors (Lipinski definition) is 5. The van der Waals surface area contributed by atoms with E-state index in [4.69, 9.17) is 21.1 Å². The van der Waals surface area contributed by atoms with Crippen molar-refractivity contribution in [1.82, 2.24) is 0 Å². The topological polar surface area (TPSA) is 64.6 Å². The summed E-state index contributed by atoms with van der Waals surface area (Å²) in [5.74, 6) is 2.32. The number of alkyl halides is 1. The van der Waals surface area contributed by atoms with Crippen LogP contribution in [0.4, 0.5) is 5.00 Å². The fraction of sp³-hybridized carbons (Fsp3) is 0.556. The summed E-state index contributed by atoms with van der Waals surface area (Å²) in [7, 11) is 1.73. The van der Waals surface area contributed by atoms with Crippen molar-refractivity contribution >= 4 is 39.8 Å². The predicted molar refractivity (Wildman–Crippen MR) is 136 cm³/mol. The molecule has 5 rings (SSSR count). The predicted octanol–water partition coefficient (Wildman–Crippen LogP) is 6.07. The van der Waals surface area contributed by atoms with E-state index in [0.717, 1.165) is 43.4 Å². The number of aryl methyl sites for hydroxylation is 1. The van der Waals surface area contributed by atoms with Gasteiger partial charge in [0.2, 0.25) is 5.91 Å². The zero-order chi connectivity index (χ0) is 24.0. The maximum Gasteiger partial charge on any atom is 0.341 e. The van der Waals surface area contributed by atoms with E-state index in [-0.39, 0.29) is 29.6 Å². The van der Waals surface area contributed by atoms with E-state index in [1.54, 1.807) is 18.4 Å². The van der Waals surface area contributed by atoms with Gasteiger partial charge in [-0.15, -0.1) is 22.9 Å². The normalized spacial score (nSPS) is 26.6. The Morgan fingerprint density at radius 1 is 1.29 bits per heavy atom. The molecule has 0 radical (unpaired) electrons. The second-order valence-electron chi connectivity index (χ2n) is 9.95. The van der Waals surface area contributed by atoms with E-state index in [9.17, 15) is 9.59 Å². The zero-order valence-electron chi connectivity index (χ0n) is 20.0. The van der Waals surface area contributed by atoms with Crippen LogP contribution in [0.5, 0.6) is 5.75 Å². The molecule has 182 valence electrons. The van der Waals surface area contributed by atoms with Crippen LogP contribution in [0.3, 0.4) is 0 Å². The molecule has 0 aliphatic heterocycles. The lowest BCUT2D eigenvalue weighted by Crippen LogP contribution is -2.43.